The second-order valence-corrected chi connectivity index (χ2v) is 8.91. The lowest BCUT2D eigenvalue weighted by Crippen LogP contribution is -2.47. The number of hydrogen-bond acceptors (Lipinski definition) is 1. The maximum absolute atomic E-state index is 2.48. The van der Waals surface area contributed by atoms with Crippen molar-refractivity contribution in [2.75, 3.05) is 61.4 Å². The van der Waals surface area contributed by atoms with Crippen molar-refractivity contribution in [3.63, 3.8) is 0 Å². The molecule has 2 rings (SSSR count). The van der Waals surface area contributed by atoms with E-state index in [1.807, 2.05) is 0 Å². The fourth-order valence-corrected chi connectivity index (χ4v) is 3.31. The van der Waals surface area contributed by atoms with Crippen LogP contribution in [0.2, 0.25) is 0 Å². The molecule has 0 spiro atoms. The fraction of sp³-hybridized carbons (Fsp3) is 0.478. The van der Waals surface area contributed by atoms with Crippen LogP contribution in [0.1, 0.15) is 11.1 Å². The summed E-state index contributed by atoms with van der Waals surface area (Å²) in [7, 11) is 11.6. The molecule has 0 atom stereocenters. The number of benzene rings is 2. The van der Waals surface area contributed by atoms with Crippen molar-refractivity contribution in [1.29, 1.82) is 0 Å². The third-order valence-corrected chi connectivity index (χ3v) is 5.08. The standard InChI is InChI=1S/C23H37N3/c1-24(16-18-25(2,3)20-22-12-8-6-9-13-22)17-19-26(4,5)21-23-14-10-7-11-15-23/h6-15H,16-21H2,1-5H3/q+2. The maximum atomic E-state index is 2.48. The van der Waals surface area contributed by atoms with Gasteiger partial charge in [0.25, 0.3) is 0 Å². The molecule has 26 heavy (non-hydrogen) atoms. The molecule has 0 aromatic heterocycles. The molecule has 0 aliphatic heterocycles. The highest BCUT2D eigenvalue weighted by molar-refractivity contribution is 5.14. The summed E-state index contributed by atoms with van der Waals surface area (Å²) in [6.45, 7) is 6.76. The summed E-state index contributed by atoms with van der Waals surface area (Å²) < 4.78 is 2.05. The maximum Gasteiger partial charge on any atom is 0.104 e. The van der Waals surface area contributed by atoms with Crippen LogP contribution >= 0.6 is 0 Å². The molecule has 0 unspecified atom stereocenters. The summed E-state index contributed by atoms with van der Waals surface area (Å²) in [4.78, 5) is 2.48. The Balaban J connectivity index is 1.74. The summed E-state index contributed by atoms with van der Waals surface area (Å²) in [5.41, 5.74) is 2.83. The third-order valence-electron chi connectivity index (χ3n) is 5.08. The van der Waals surface area contributed by atoms with Gasteiger partial charge in [0.1, 0.15) is 13.1 Å². The van der Waals surface area contributed by atoms with E-state index >= 15 is 0 Å². The average molecular weight is 356 g/mol. The van der Waals surface area contributed by atoms with Gasteiger partial charge in [0.05, 0.1) is 41.3 Å². The van der Waals surface area contributed by atoms with E-state index in [1.165, 1.54) is 11.1 Å². The molecule has 0 bridgehead atoms. The number of hydrogen-bond donors (Lipinski definition) is 0. The number of quaternary nitrogens is 2. The van der Waals surface area contributed by atoms with E-state index in [9.17, 15) is 0 Å². The Hall–Kier alpha value is -1.68. The smallest absolute Gasteiger partial charge is 0.104 e. The van der Waals surface area contributed by atoms with Gasteiger partial charge in [-0.25, -0.2) is 0 Å². The fourth-order valence-electron chi connectivity index (χ4n) is 3.31. The van der Waals surface area contributed by atoms with Crippen LogP contribution in [0.15, 0.2) is 60.7 Å². The zero-order chi connectivity index (χ0) is 19.0. The monoisotopic (exact) mass is 355 g/mol. The molecular formula is C23H37N3+2. The Labute approximate surface area is 160 Å². The number of nitrogens with zero attached hydrogens (tertiary/aromatic N) is 3. The lowest BCUT2D eigenvalue weighted by atomic mass is 10.2. The van der Waals surface area contributed by atoms with E-state index < -0.39 is 0 Å². The Morgan fingerprint density at radius 3 is 1.31 bits per heavy atom. The summed E-state index contributed by atoms with van der Waals surface area (Å²) in [6, 6.07) is 21.6. The van der Waals surface area contributed by atoms with Gasteiger partial charge in [-0.2, -0.15) is 0 Å². The molecule has 0 heterocycles. The summed E-state index contributed by atoms with van der Waals surface area (Å²) in [6.07, 6.45) is 0. The minimum atomic E-state index is 1.02. The number of likely N-dealkylation sites (N-methyl/N-ethyl adjacent to an activating group) is 3. The normalized spacial score (nSPS) is 12.5. The first-order chi connectivity index (χ1) is 12.3. The van der Waals surface area contributed by atoms with Crippen molar-refractivity contribution in [2.24, 2.45) is 0 Å². The summed E-state index contributed by atoms with van der Waals surface area (Å²) in [5, 5.41) is 0. The van der Waals surface area contributed by atoms with Crippen LogP contribution in [-0.2, 0) is 13.1 Å². The lowest BCUT2D eigenvalue weighted by molar-refractivity contribution is -0.905. The first-order valence-corrected chi connectivity index (χ1v) is 9.66. The van der Waals surface area contributed by atoms with Crippen molar-refractivity contribution < 1.29 is 8.97 Å². The third kappa shape index (κ3) is 7.69. The topological polar surface area (TPSA) is 3.24 Å². The highest BCUT2D eigenvalue weighted by Gasteiger charge is 2.19. The Morgan fingerprint density at radius 1 is 0.615 bits per heavy atom. The van der Waals surface area contributed by atoms with Crippen LogP contribution < -0.4 is 0 Å². The van der Waals surface area contributed by atoms with Crippen LogP contribution in [0.25, 0.3) is 0 Å². The number of rotatable bonds is 10. The van der Waals surface area contributed by atoms with Crippen molar-refractivity contribution >= 4 is 0 Å². The van der Waals surface area contributed by atoms with Crippen LogP contribution in [-0.4, -0.2) is 75.3 Å². The molecule has 0 saturated heterocycles. The van der Waals surface area contributed by atoms with Gasteiger partial charge < -0.3 is 8.97 Å². The Kier molecular flexibility index (Phi) is 7.39. The molecule has 142 valence electrons. The molecule has 0 aliphatic carbocycles. The molecule has 0 saturated carbocycles. The molecule has 3 nitrogen and oxygen atoms in total. The molecule has 3 heteroatoms. The van der Waals surface area contributed by atoms with Crippen LogP contribution in [0.4, 0.5) is 0 Å². The predicted molar refractivity (Wildman–Crippen MR) is 112 cm³/mol. The van der Waals surface area contributed by atoms with Gasteiger partial charge in [-0.1, -0.05) is 60.7 Å². The van der Waals surface area contributed by atoms with Gasteiger partial charge in [-0.3, -0.25) is 4.90 Å². The van der Waals surface area contributed by atoms with E-state index in [4.69, 9.17) is 0 Å². The van der Waals surface area contributed by atoms with Crippen molar-refractivity contribution in [1.82, 2.24) is 4.90 Å². The molecule has 0 aliphatic rings. The van der Waals surface area contributed by atoms with E-state index in [0.29, 0.717) is 0 Å². The van der Waals surface area contributed by atoms with E-state index in [1.54, 1.807) is 0 Å². The van der Waals surface area contributed by atoms with Gasteiger partial charge >= 0.3 is 0 Å². The summed E-state index contributed by atoms with van der Waals surface area (Å²) in [5.74, 6) is 0. The zero-order valence-electron chi connectivity index (χ0n) is 17.4. The van der Waals surface area contributed by atoms with Gasteiger partial charge in [-0.05, 0) is 7.05 Å². The Bertz CT molecular complexity index is 578. The largest absolute Gasteiger partial charge is 0.324 e. The summed E-state index contributed by atoms with van der Waals surface area (Å²) >= 11 is 0. The van der Waals surface area contributed by atoms with E-state index in [-0.39, 0.29) is 0 Å². The van der Waals surface area contributed by atoms with E-state index in [0.717, 1.165) is 48.2 Å². The zero-order valence-corrected chi connectivity index (χ0v) is 17.4. The first kappa shape index (κ1) is 20.6. The van der Waals surface area contributed by atoms with Crippen LogP contribution in [0.3, 0.4) is 0 Å². The van der Waals surface area contributed by atoms with Gasteiger partial charge in [-0.15, -0.1) is 0 Å². The molecule has 0 amide bonds. The minimum Gasteiger partial charge on any atom is -0.324 e. The van der Waals surface area contributed by atoms with Gasteiger partial charge in [0, 0.05) is 24.2 Å². The molecule has 0 fully saturated rings. The first-order valence-electron chi connectivity index (χ1n) is 9.66. The quantitative estimate of drug-likeness (QED) is 0.590. The highest BCUT2D eigenvalue weighted by Crippen LogP contribution is 2.11. The molecule has 2 aromatic rings. The van der Waals surface area contributed by atoms with Gasteiger partial charge in [0.15, 0.2) is 0 Å². The van der Waals surface area contributed by atoms with Gasteiger partial charge in [0.2, 0.25) is 0 Å². The van der Waals surface area contributed by atoms with Crippen LogP contribution in [0.5, 0.6) is 0 Å². The molecular weight excluding hydrogens is 318 g/mol. The van der Waals surface area contributed by atoms with Crippen molar-refractivity contribution in [2.45, 2.75) is 13.1 Å². The molecule has 0 N–H and O–H groups in total. The van der Waals surface area contributed by atoms with E-state index in [2.05, 4.69) is 101 Å². The molecule has 2 aromatic carbocycles. The minimum absolute atomic E-state index is 1.02. The predicted octanol–water partition coefficient (Wildman–Crippen LogP) is 3.47. The average Bonchev–Trinajstić information content (AvgIpc) is 2.59. The highest BCUT2D eigenvalue weighted by atomic mass is 15.3. The second-order valence-electron chi connectivity index (χ2n) is 8.91. The Morgan fingerprint density at radius 2 is 0.962 bits per heavy atom. The lowest BCUT2D eigenvalue weighted by Gasteiger charge is -2.34. The van der Waals surface area contributed by atoms with Crippen molar-refractivity contribution in [3.8, 4) is 0 Å². The van der Waals surface area contributed by atoms with Crippen LogP contribution in [0, 0.1) is 0 Å². The second kappa shape index (κ2) is 9.31. The molecule has 0 radical (unpaired) electrons. The van der Waals surface area contributed by atoms with Crippen molar-refractivity contribution in [3.05, 3.63) is 71.8 Å². The SMILES string of the molecule is CN(CC[N+](C)(C)Cc1ccccc1)CC[N+](C)(C)Cc1ccccc1.